The van der Waals surface area contributed by atoms with E-state index < -0.39 is 17.7 Å². The Labute approximate surface area is 160 Å². The molecular formula is C19H31N3O5. The van der Waals surface area contributed by atoms with Crippen LogP contribution in [0.15, 0.2) is 30.3 Å². The summed E-state index contributed by atoms with van der Waals surface area (Å²) in [5.74, 6) is -0.241. The minimum atomic E-state index is -0.688. The fraction of sp³-hybridized carbons (Fsp3) is 0.579. The highest BCUT2D eigenvalue weighted by molar-refractivity contribution is 5.82. The van der Waals surface area contributed by atoms with Crippen molar-refractivity contribution in [3.8, 4) is 0 Å². The molecule has 0 aliphatic rings. The third-order valence-electron chi connectivity index (χ3n) is 3.27. The molecule has 4 N–H and O–H groups in total. The van der Waals surface area contributed by atoms with Gasteiger partial charge in [0, 0.05) is 13.1 Å². The van der Waals surface area contributed by atoms with Crippen LogP contribution in [0.25, 0.3) is 0 Å². The van der Waals surface area contributed by atoms with E-state index in [1.54, 1.807) is 20.8 Å². The van der Waals surface area contributed by atoms with Gasteiger partial charge in [-0.3, -0.25) is 4.79 Å². The van der Waals surface area contributed by atoms with Crippen LogP contribution in [-0.4, -0.2) is 57.1 Å². The minimum absolute atomic E-state index is 0.241. The van der Waals surface area contributed by atoms with Gasteiger partial charge in [-0.05, 0) is 26.3 Å². The quantitative estimate of drug-likeness (QED) is 0.499. The third kappa shape index (κ3) is 11.2. The topological polar surface area (TPSA) is 112 Å². The maximum absolute atomic E-state index is 11.9. The maximum Gasteiger partial charge on any atom is 0.407 e. The molecule has 8 nitrogen and oxygen atoms in total. The van der Waals surface area contributed by atoms with E-state index in [0.29, 0.717) is 39.5 Å². The number of carbonyl (C=O) groups is 2. The average Bonchev–Trinajstić information content (AvgIpc) is 2.61. The summed E-state index contributed by atoms with van der Waals surface area (Å²) in [6.07, 6.45) is -0.466. The highest BCUT2D eigenvalue weighted by Gasteiger charge is 2.15. The summed E-state index contributed by atoms with van der Waals surface area (Å²) in [4.78, 5) is 23.3. The Morgan fingerprint density at radius 1 is 0.963 bits per heavy atom. The third-order valence-corrected chi connectivity index (χ3v) is 3.27. The molecule has 1 rings (SSSR count). The van der Waals surface area contributed by atoms with E-state index in [2.05, 4.69) is 10.6 Å². The van der Waals surface area contributed by atoms with Crippen LogP contribution >= 0.6 is 0 Å². The van der Waals surface area contributed by atoms with Crippen LogP contribution in [-0.2, 0) is 19.0 Å². The number of hydrogen-bond acceptors (Lipinski definition) is 6. The Morgan fingerprint density at radius 3 is 2.07 bits per heavy atom. The van der Waals surface area contributed by atoms with Gasteiger partial charge in [-0.15, -0.1) is 0 Å². The number of alkyl carbamates (subject to hydrolysis) is 1. The molecule has 0 heterocycles. The summed E-state index contributed by atoms with van der Waals surface area (Å²) < 4.78 is 15.8. The number of ether oxygens (including phenoxy) is 3. The van der Waals surface area contributed by atoms with Crippen molar-refractivity contribution < 1.29 is 23.8 Å². The van der Waals surface area contributed by atoms with Crippen LogP contribution in [0, 0.1) is 0 Å². The predicted octanol–water partition coefficient (Wildman–Crippen LogP) is 1.36. The first-order valence-corrected chi connectivity index (χ1v) is 9.00. The lowest BCUT2D eigenvalue weighted by molar-refractivity contribution is -0.122. The van der Waals surface area contributed by atoms with Crippen molar-refractivity contribution >= 4 is 12.0 Å². The van der Waals surface area contributed by atoms with E-state index in [1.165, 1.54) is 0 Å². The van der Waals surface area contributed by atoms with Crippen LogP contribution in [0.3, 0.4) is 0 Å². The number of nitrogens with two attached hydrogens (primary N) is 1. The van der Waals surface area contributed by atoms with Gasteiger partial charge in [0.05, 0.1) is 26.4 Å². The molecule has 0 aromatic heterocycles. The van der Waals surface area contributed by atoms with Gasteiger partial charge in [0.1, 0.15) is 11.6 Å². The molecule has 0 fully saturated rings. The van der Waals surface area contributed by atoms with Crippen molar-refractivity contribution in [3.63, 3.8) is 0 Å². The lowest BCUT2D eigenvalue weighted by Gasteiger charge is -2.19. The zero-order valence-corrected chi connectivity index (χ0v) is 16.3. The van der Waals surface area contributed by atoms with Gasteiger partial charge in [0.15, 0.2) is 0 Å². The molecule has 2 amide bonds. The van der Waals surface area contributed by atoms with E-state index in [0.717, 1.165) is 5.56 Å². The summed E-state index contributed by atoms with van der Waals surface area (Å²) in [7, 11) is 0. The van der Waals surface area contributed by atoms with Crippen LogP contribution in [0.1, 0.15) is 32.4 Å². The molecule has 0 saturated carbocycles. The lowest BCUT2D eigenvalue weighted by atomic mass is 10.1. The van der Waals surface area contributed by atoms with Gasteiger partial charge < -0.3 is 30.6 Å². The van der Waals surface area contributed by atoms with Crippen LogP contribution in [0.4, 0.5) is 4.79 Å². The Kier molecular flexibility index (Phi) is 10.4. The number of amides is 2. The second kappa shape index (κ2) is 12.3. The summed E-state index contributed by atoms with van der Waals surface area (Å²) in [5, 5.41) is 5.33. The van der Waals surface area contributed by atoms with Crippen molar-refractivity contribution in [1.29, 1.82) is 0 Å². The number of rotatable bonds is 11. The molecule has 0 bridgehead atoms. The van der Waals surface area contributed by atoms with Gasteiger partial charge >= 0.3 is 6.09 Å². The SMILES string of the molecule is CC(C)(C)OC(=O)NCCOCCOCCNC(=O)[C@@H](N)c1ccccc1. The monoisotopic (exact) mass is 381 g/mol. The summed E-state index contributed by atoms with van der Waals surface area (Å²) in [6, 6.07) is 8.50. The van der Waals surface area contributed by atoms with Gasteiger partial charge in [-0.25, -0.2) is 4.79 Å². The predicted molar refractivity (Wildman–Crippen MR) is 102 cm³/mol. The first kappa shape index (κ1) is 22.9. The van der Waals surface area contributed by atoms with Crippen LogP contribution in [0.2, 0.25) is 0 Å². The van der Waals surface area contributed by atoms with Gasteiger partial charge in [-0.1, -0.05) is 30.3 Å². The van der Waals surface area contributed by atoms with Crippen LogP contribution < -0.4 is 16.4 Å². The fourth-order valence-corrected chi connectivity index (χ4v) is 2.03. The summed E-state index contributed by atoms with van der Waals surface area (Å²) >= 11 is 0. The first-order chi connectivity index (χ1) is 12.8. The Morgan fingerprint density at radius 2 is 1.52 bits per heavy atom. The number of carbonyl (C=O) groups excluding carboxylic acids is 2. The zero-order valence-electron chi connectivity index (χ0n) is 16.3. The zero-order chi connectivity index (χ0) is 20.1. The second-order valence-corrected chi connectivity index (χ2v) is 6.83. The summed E-state index contributed by atoms with van der Waals surface area (Å²) in [5.41, 5.74) is 6.14. The molecule has 27 heavy (non-hydrogen) atoms. The molecule has 1 aromatic carbocycles. The largest absolute Gasteiger partial charge is 0.444 e. The maximum atomic E-state index is 11.9. The molecule has 1 atom stereocenters. The van der Waals surface area contributed by atoms with Gasteiger partial charge in [0.2, 0.25) is 5.91 Å². The molecule has 0 aliphatic heterocycles. The van der Waals surface area contributed by atoms with E-state index in [-0.39, 0.29) is 5.91 Å². The Hall–Kier alpha value is -2.16. The number of hydrogen-bond donors (Lipinski definition) is 3. The second-order valence-electron chi connectivity index (χ2n) is 6.83. The summed E-state index contributed by atoms with van der Waals surface area (Å²) in [6.45, 7) is 7.68. The van der Waals surface area contributed by atoms with Crippen molar-refractivity contribution in [1.82, 2.24) is 10.6 Å². The molecule has 0 aliphatic carbocycles. The molecular weight excluding hydrogens is 350 g/mol. The number of nitrogens with one attached hydrogen (secondary N) is 2. The van der Waals surface area contributed by atoms with Crippen molar-refractivity contribution in [2.45, 2.75) is 32.4 Å². The van der Waals surface area contributed by atoms with Gasteiger partial charge in [-0.2, -0.15) is 0 Å². The smallest absolute Gasteiger partial charge is 0.407 e. The van der Waals surface area contributed by atoms with Crippen LogP contribution in [0.5, 0.6) is 0 Å². The molecule has 8 heteroatoms. The highest BCUT2D eigenvalue weighted by atomic mass is 16.6. The Bertz CT molecular complexity index is 560. The molecule has 0 unspecified atom stereocenters. The lowest BCUT2D eigenvalue weighted by Crippen LogP contribution is -2.36. The van der Waals surface area contributed by atoms with Crippen molar-refractivity contribution in [2.75, 3.05) is 39.5 Å². The highest BCUT2D eigenvalue weighted by Crippen LogP contribution is 2.08. The van der Waals surface area contributed by atoms with E-state index in [4.69, 9.17) is 19.9 Å². The van der Waals surface area contributed by atoms with E-state index in [9.17, 15) is 9.59 Å². The minimum Gasteiger partial charge on any atom is -0.444 e. The van der Waals surface area contributed by atoms with Crippen molar-refractivity contribution in [2.24, 2.45) is 5.73 Å². The van der Waals surface area contributed by atoms with E-state index in [1.807, 2.05) is 30.3 Å². The molecule has 0 radical (unpaired) electrons. The molecule has 0 spiro atoms. The molecule has 0 saturated heterocycles. The standard InChI is InChI=1S/C19H31N3O5/c1-19(2,3)27-18(24)22-10-12-26-14-13-25-11-9-21-17(23)16(20)15-7-5-4-6-8-15/h4-8,16H,9-14,20H2,1-3H3,(H,21,23)(H,22,24)/t16-/m0/s1. The fourth-order valence-electron chi connectivity index (χ4n) is 2.03. The normalized spacial score (nSPS) is 12.3. The van der Waals surface area contributed by atoms with Gasteiger partial charge in [0.25, 0.3) is 0 Å². The molecule has 1 aromatic rings. The van der Waals surface area contributed by atoms with Crippen molar-refractivity contribution in [3.05, 3.63) is 35.9 Å². The average molecular weight is 381 g/mol. The first-order valence-electron chi connectivity index (χ1n) is 9.00. The van der Waals surface area contributed by atoms with E-state index >= 15 is 0 Å². The Balaban J connectivity index is 1.96. The number of benzene rings is 1. The molecule has 152 valence electrons.